The minimum absolute atomic E-state index is 0.0275. The molecule has 3 fully saturated rings. The number of benzene rings is 1. The Hall–Kier alpha value is -3.65. The van der Waals surface area contributed by atoms with E-state index in [0.29, 0.717) is 29.3 Å². The maximum atomic E-state index is 16.0. The molecule has 2 aliphatic heterocycles. The first-order valence-electron chi connectivity index (χ1n) is 12.4. The van der Waals surface area contributed by atoms with Gasteiger partial charge in [-0.05, 0) is 64.5 Å². The van der Waals surface area contributed by atoms with Crippen molar-refractivity contribution in [3.8, 4) is 28.8 Å². The molecule has 2 saturated heterocycles. The van der Waals surface area contributed by atoms with Gasteiger partial charge in [-0.3, -0.25) is 0 Å². The van der Waals surface area contributed by atoms with Crippen molar-refractivity contribution in [2.45, 2.75) is 81.7 Å². The van der Waals surface area contributed by atoms with Gasteiger partial charge in [-0.1, -0.05) is 5.21 Å². The van der Waals surface area contributed by atoms with Crippen LogP contribution in [-0.2, 0) is 0 Å². The summed E-state index contributed by atoms with van der Waals surface area (Å²) in [7, 11) is 0. The van der Waals surface area contributed by atoms with Crippen LogP contribution in [0.1, 0.15) is 58.1 Å². The third kappa shape index (κ3) is 3.86. The highest BCUT2D eigenvalue weighted by atomic mass is 19.1. The van der Waals surface area contributed by atoms with E-state index < -0.39 is 11.7 Å². The fourth-order valence-corrected chi connectivity index (χ4v) is 6.02. The van der Waals surface area contributed by atoms with Gasteiger partial charge in [-0.25, -0.2) is 14.1 Å². The van der Waals surface area contributed by atoms with Crippen LogP contribution in [0.15, 0.2) is 30.6 Å². The van der Waals surface area contributed by atoms with Gasteiger partial charge in [-0.15, -0.1) is 15.3 Å². The minimum atomic E-state index is -1.04. The number of hydrogen-bond acceptors (Lipinski definition) is 9. The van der Waals surface area contributed by atoms with Crippen LogP contribution < -0.4 is 10.2 Å². The topological polar surface area (TPSA) is 129 Å². The molecule has 10 nitrogen and oxygen atoms in total. The van der Waals surface area contributed by atoms with Crippen molar-refractivity contribution in [1.82, 2.24) is 35.5 Å². The molecule has 4 heterocycles. The Kier molecular flexibility index (Phi) is 5.19. The van der Waals surface area contributed by atoms with Crippen LogP contribution in [-0.4, -0.2) is 64.6 Å². The van der Waals surface area contributed by atoms with Crippen molar-refractivity contribution in [2.75, 3.05) is 4.90 Å². The zero-order valence-corrected chi connectivity index (χ0v) is 20.3. The monoisotopic (exact) mass is 489 g/mol. The summed E-state index contributed by atoms with van der Waals surface area (Å²) in [5.41, 5.74) is 0.945. The number of aromatic hydroxyl groups is 1. The van der Waals surface area contributed by atoms with Crippen LogP contribution in [0.3, 0.4) is 0 Å². The van der Waals surface area contributed by atoms with Crippen LogP contribution in [0.5, 0.6) is 5.75 Å². The summed E-state index contributed by atoms with van der Waals surface area (Å²) in [5.74, 6) is 0.407. The first-order chi connectivity index (χ1) is 17.3. The van der Waals surface area contributed by atoms with Gasteiger partial charge in [0, 0.05) is 28.7 Å². The number of anilines is 1. The normalized spacial score (nSPS) is 29.5. The van der Waals surface area contributed by atoms with E-state index in [9.17, 15) is 5.11 Å². The van der Waals surface area contributed by atoms with Gasteiger partial charge in [0.05, 0.1) is 24.1 Å². The number of nitriles is 1. The molecule has 1 saturated carbocycles. The van der Waals surface area contributed by atoms with E-state index in [1.165, 1.54) is 16.9 Å². The summed E-state index contributed by atoms with van der Waals surface area (Å²) >= 11 is 0. The third-order valence-electron chi connectivity index (χ3n) is 7.83. The lowest BCUT2D eigenvalue weighted by Gasteiger charge is -2.57. The van der Waals surface area contributed by atoms with Crippen LogP contribution in [0.2, 0.25) is 0 Å². The van der Waals surface area contributed by atoms with Crippen LogP contribution in [0.25, 0.3) is 16.9 Å². The molecule has 2 aromatic heterocycles. The Labute approximate surface area is 208 Å². The molecular weight excluding hydrogens is 461 g/mol. The quantitative estimate of drug-likeness (QED) is 0.555. The standard InChI is InChI=1S/C25H28FN9O/c1-24-8-3-9-25(2,32-24)22(26)20(11-24)35(16-4-5-16)23-28-13-19(30-31-23)18-7-6-17(10-21(18)36)34-14-15(12-27)29-33-34/h6-7,10,13-14,16,20,22,32,36H,3-5,8-9,11H2,1-2H3/t20-,22-,24-,25+/m1/s1. The van der Waals surface area contributed by atoms with Gasteiger partial charge in [-0.2, -0.15) is 5.26 Å². The molecule has 1 aromatic carbocycles. The molecule has 36 heavy (non-hydrogen) atoms. The number of nitrogens with zero attached hydrogens (tertiary/aromatic N) is 8. The van der Waals surface area contributed by atoms with E-state index >= 15 is 4.39 Å². The molecule has 3 aliphatic rings. The Morgan fingerprint density at radius 1 is 1.22 bits per heavy atom. The number of halogens is 1. The maximum Gasteiger partial charge on any atom is 0.245 e. The summed E-state index contributed by atoms with van der Waals surface area (Å²) in [6.07, 6.45) is 7.58. The Morgan fingerprint density at radius 3 is 2.72 bits per heavy atom. The summed E-state index contributed by atoms with van der Waals surface area (Å²) in [5, 5.41) is 39.6. The van der Waals surface area contributed by atoms with E-state index in [0.717, 1.165) is 32.1 Å². The number of rotatable bonds is 5. The molecule has 0 amide bonds. The highest BCUT2D eigenvalue weighted by molar-refractivity contribution is 5.68. The van der Waals surface area contributed by atoms with Gasteiger partial charge in [0.1, 0.15) is 23.7 Å². The maximum absolute atomic E-state index is 16.0. The van der Waals surface area contributed by atoms with Crippen molar-refractivity contribution in [2.24, 2.45) is 0 Å². The van der Waals surface area contributed by atoms with E-state index in [2.05, 4.69) is 42.6 Å². The molecule has 4 atom stereocenters. The van der Waals surface area contributed by atoms with E-state index in [-0.39, 0.29) is 29.1 Å². The summed E-state index contributed by atoms with van der Waals surface area (Å²) in [4.78, 5) is 6.65. The zero-order chi connectivity index (χ0) is 25.1. The van der Waals surface area contributed by atoms with Crippen molar-refractivity contribution >= 4 is 5.95 Å². The minimum Gasteiger partial charge on any atom is -0.507 e. The van der Waals surface area contributed by atoms with Crippen molar-refractivity contribution in [3.63, 3.8) is 0 Å². The van der Waals surface area contributed by atoms with E-state index in [1.54, 1.807) is 18.3 Å². The SMILES string of the molecule is C[C@]12CCC[C@](C)(N1)[C@H](F)[C@H](N(c1ncc(-c3ccc(-n4cc(C#N)nn4)cc3O)nn1)C1CC1)C2. The van der Waals surface area contributed by atoms with Crippen LogP contribution in [0, 0.1) is 11.3 Å². The number of aromatic nitrogens is 6. The van der Waals surface area contributed by atoms with Gasteiger partial charge >= 0.3 is 0 Å². The second-order valence-electron chi connectivity index (χ2n) is 10.8. The molecule has 0 radical (unpaired) electrons. The van der Waals surface area contributed by atoms with Crippen molar-refractivity contribution < 1.29 is 9.50 Å². The molecule has 0 unspecified atom stereocenters. The average Bonchev–Trinajstić information content (AvgIpc) is 3.57. The lowest BCUT2D eigenvalue weighted by molar-refractivity contribution is 0.0000874. The fraction of sp³-hybridized carbons (Fsp3) is 0.520. The fourth-order valence-electron chi connectivity index (χ4n) is 6.02. The number of alkyl halides is 1. The molecule has 2 bridgehead atoms. The molecule has 186 valence electrons. The van der Waals surface area contributed by atoms with Crippen LogP contribution >= 0.6 is 0 Å². The highest BCUT2D eigenvalue weighted by Gasteiger charge is 2.56. The predicted molar refractivity (Wildman–Crippen MR) is 129 cm³/mol. The molecule has 6 rings (SSSR count). The summed E-state index contributed by atoms with van der Waals surface area (Å²) in [6, 6.07) is 6.78. The van der Waals surface area contributed by atoms with Crippen molar-refractivity contribution in [3.05, 3.63) is 36.3 Å². The first kappa shape index (κ1) is 22.8. The highest BCUT2D eigenvalue weighted by Crippen LogP contribution is 2.46. The number of nitrogens with one attached hydrogen (secondary N) is 1. The second kappa shape index (κ2) is 8.20. The Balaban J connectivity index is 1.28. The Morgan fingerprint density at radius 2 is 2.06 bits per heavy atom. The Bertz CT molecular complexity index is 1330. The molecule has 2 N–H and O–H groups in total. The predicted octanol–water partition coefficient (Wildman–Crippen LogP) is 3.07. The van der Waals surface area contributed by atoms with E-state index in [4.69, 9.17) is 5.26 Å². The molecule has 1 aliphatic carbocycles. The van der Waals surface area contributed by atoms with Gasteiger partial charge in [0.25, 0.3) is 0 Å². The number of phenolic OH excluding ortho intramolecular Hbond substituents is 1. The lowest BCUT2D eigenvalue weighted by Crippen LogP contribution is -2.73. The largest absolute Gasteiger partial charge is 0.507 e. The first-order valence-corrected chi connectivity index (χ1v) is 12.4. The molecule has 0 spiro atoms. The van der Waals surface area contributed by atoms with Gasteiger partial charge < -0.3 is 15.3 Å². The molecule has 3 aromatic rings. The number of phenols is 1. The molecular formula is C25H28FN9O. The summed E-state index contributed by atoms with van der Waals surface area (Å²) < 4.78 is 17.4. The van der Waals surface area contributed by atoms with E-state index in [1.807, 2.05) is 13.0 Å². The summed E-state index contributed by atoms with van der Waals surface area (Å²) in [6.45, 7) is 4.20. The zero-order valence-electron chi connectivity index (χ0n) is 20.3. The molecule has 11 heteroatoms. The number of hydrogen-bond donors (Lipinski definition) is 2. The number of piperidine rings is 2. The van der Waals surface area contributed by atoms with Crippen LogP contribution in [0.4, 0.5) is 10.3 Å². The second-order valence-corrected chi connectivity index (χ2v) is 10.8. The average molecular weight is 490 g/mol. The lowest BCUT2D eigenvalue weighted by atomic mass is 9.68. The third-order valence-corrected chi connectivity index (χ3v) is 7.83. The number of fused-ring (bicyclic) bond motifs is 2. The van der Waals surface area contributed by atoms with Crippen molar-refractivity contribution in [1.29, 1.82) is 5.26 Å². The van der Waals surface area contributed by atoms with Gasteiger partial charge in [0.15, 0.2) is 5.69 Å². The van der Waals surface area contributed by atoms with Gasteiger partial charge in [0.2, 0.25) is 5.95 Å². The smallest absolute Gasteiger partial charge is 0.245 e.